The van der Waals surface area contributed by atoms with Crippen LogP contribution in [-0.4, -0.2) is 83.9 Å². The molecule has 4 N–H and O–H groups in total. The fourth-order valence-corrected chi connectivity index (χ4v) is 3.83. The summed E-state index contributed by atoms with van der Waals surface area (Å²) in [6, 6.07) is 7.52. The van der Waals surface area contributed by atoms with Crippen LogP contribution in [0.15, 0.2) is 36.4 Å². The van der Waals surface area contributed by atoms with Crippen LogP contribution in [-0.2, 0) is 22.4 Å². The minimum Gasteiger partial charge on any atom is -0.477 e. The van der Waals surface area contributed by atoms with Gasteiger partial charge in [-0.1, -0.05) is 25.1 Å². The number of likely N-dealkylation sites (tertiary alicyclic amines) is 1. The number of amides is 3. The first kappa shape index (κ1) is 28.6. The van der Waals surface area contributed by atoms with Gasteiger partial charge in [0.1, 0.15) is 5.69 Å². The number of rotatable bonds is 14. The number of nitrogens with zero attached hydrogens (tertiary/aromatic N) is 4. The molecule has 0 unspecified atom stereocenters. The van der Waals surface area contributed by atoms with Gasteiger partial charge in [-0.3, -0.25) is 19.3 Å². The van der Waals surface area contributed by atoms with Gasteiger partial charge in [0.25, 0.3) is 5.91 Å². The maximum atomic E-state index is 12.3. The van der Waals surface area contributed by atoms with E-state index in [9.17, 15) is 14.4 Å². The molecule has 2 heterocycles. The van der Waals surface area contributed by atoms with E-state index in [1.54, 1.807) is 7.05 Å². The molecule has 0 saturated carbocycles. The minimum absolute atomic E-state index is 0.0149. The molecule has 3 amide bonds. The van der Waals surface area contributed by atoms with Crippen LogP contribution in [0, 0.1) is 0 Å². The lowest BCUT2D eigenvalue weighted by molar-refractivity contribution is -0.131. The predicted molar refractivity (Wildman–Crippen MR) is 145 cm³/mol. The van der Waals surface area contributed by atoms with Crippen molar-refractivity contribution in [2.75, 3.05) is 51.7 Å². The van der Waals surface area contributed by atoms with Crippen LogP contribution >= 0.6 is 0 Å². The number of primary amides is 1. The molecule has 11 nitrogen and oxygen atoms in total. The van der Waals surface area contributed by atoms with E-state index < -0.39 is 5.91 Å². The zero-order valence-electron chi connectivity index (χ0n) is 22.3. The highest BCUT2D eigenvalue weighted by Gasteiger charge is 2.18. The Hall–Kier alpha value is -3.99. The summed E-state index contributed by atoms with van der Waals surface area (Å²) in [5.74, 6) is -0.539. The first-order valence-corrected chi connectivity index (χ1v) is 12.9. The smallest absolute Gasteiger partial charge is 0.271 e. The highest BCUT2D eigenvalue weighted by molar-refractivity contribution is 5.96. The summed E-state index contributed by atoms with van der Waals surface area (Å²) in [7, 11) is 1.61. The Balaban J connectivity index is 1.53. The maximum Gasteiger partial charge on any atom is 0.271 e. The first-order chi connectivity index (χ1) is 18.3. The van der Waals surface area contributed by atoms with Crippen LogP contribution in [0.2, 0.25) is 0 Å². The molecule has 38 heavy (non-hydrogen) atoms. The Labute approximate surface area is 223 Å². The number of aryl methyl sites for hydroxylation is 1. The van der Waals surface area contributed by atoms with E-state index in [1.165, 1.54) is 17.4 Å². The lowest BCUT2D eigenvalue weighted by Crippen LogP contribution is -2.39. The van der Waals surface area contributed by atoms with Crippen molar-refractivity contribution in [2.24, 2.45) is 5.73 Å². The van der Waals surface area contributed by atoms with Gasteiger partial charge < -0.3 is 26.0 Å². The van der Waals surface area contributed by atoms with E-state index in [2.05, 4.69) is 25.5 Å². The third-order valence-electron chi connectivity index (χ3n) is 6.04. The van der Waals surface area contributed by atoms with E-state index in [-0.39, 0.29) is 29.9 Å². The zero-order chi connectivity index (χ0) is 27.5. The predicted octanol–water partition coefficient (Wildman–Crippen LogP) is 1.66. The molecule has 0 radical (unpaired) electrons. The molecule has 204 valence electrons. The molecule has 0 spiro atoms. The Kier molecular flexibility index (Phi) is 10.6. The molecule has 1 aromatic heterocycles. The van der Waals surface area contributed by atoms with Crippen molar-refractivity contribution in [1.82, 2.24) is 25.1 Å². The monoisotopic (exact) mass is 523 g/mol. The van der Waals surface area contributed by atoms with Crippen LogP contribution in [0.3, 0.4) is 0 Å². The third-order valence-corrected chi connectivity index (χ3v) is 6.04. The zero-order valence-corrected chi connectivity index (χ0v) is 22.3. The van der Waals surface area contributed by atoms with Gasteiger partial charge in [-0.15, -0.1) is 0 Å². The van der Waals surface area contributed by atoms with Crippen molar-refractivity contribution in [1.29, 1.82) is 0 Å². The number of hydrogen-bond acceptors (Lipinski definition) is 8. The molecule has 0 aliphatic carbocycles. The highest BCUT2D eigenvalue weighted by Crippen LogP contribution is 2.24. The van der Waals surface area contributed by atoms with E-state index in [1.807, 2.05) is 44.2 Å². The molecule has 2 aromatic rings. The van der Waals surface area contributed by atoms with Crippen LogP contribution in [0.4, 0.5) is 11.5 Å². The van der Waals surface area contributed by atoms with Gasteiger partial charge >= 0.3 is 0 Å². The van der Waals surface area contributed by atoms with Crippen molar-refractivity contribution in [2.45, 2.75) is 33.1 Å². The number of nitrogens with two attached hydrogens (primary N) is 1. The van der Waals surface area contributed by atoms with Crippen LogP contribution < -0.4 is 21.1 Å². The van der Waals surface area contributed by atoms with Crippen LogP contribution in [0.25, 0.3) is 0 Å². The highest BCUT2D eigenvalue weighted by atomic mass is 16.5. The molecule has 1 aliphatic rings. The third kappa shape index (κ3) is 8.27. The van der Waals surface area contributed by atoms with Gasteiger partial charge in [-0.2, -0.15) is 4.98 Å². The van der Waals surface area contributed by atoms with E-state index >= 15 is 0 Å². The summed E-state index contributed by atoms with van der Waals surface area (Å²) in [6.07, 6.45) is 5.68. The Morgan fingerprint density at radius 1 is 1.21 bits per heavy atom. The van der Waals surface area contributed by atoms with Gasteiger partial charge in [-0.05, 0) is 57.0 Å². The van der Waals surface area contributed by atoms with Gasteiger partial charge in [-0.25, -0.2) is 4.98 Å². The summed E-state index contributed by atoms with van der Waals surface area (Å²) in [5, 5.41) is 5.97. The normalized spacial score (nSPS) is 13.1. The summed E-state index contributed by atoms with van der Waals surface area (Å²) in [6.45, 7) is 7.44. The lowest BCUT2D eigenvalue weighted by atomic mass is 10.1. The fourth-order valence-electron chi connectivity index (χ4n) is 3.83. The van der Waals surface area contributed by atoms with Crippen LogP contribution in [0.5, 0.6) is 5.88 Å². The first-order valence-electron chi connectivity index (χ1n) is 12.9. The van der Waals surface area contributed by atoms with Gasteiger partial charge in [0, 0.05) is 31.9 Å². The largest absolute Gasteiger partial charge is 0.477 e. The molecule has 0 atom stereocenters. The van der Waals surface area contributed by atoms with Gasteiger partial charge in [0.05, 0.1) is 13.2 Å². The Morgan fingerprint density at radius 3 is 2.66 bits per heavy atom. The summed E-state index contributed by atoms with van der Waals surface area (Å²) >= 11 is 0. The number of carbonyl (C=O) groups is 3. The van der Waals surface area contributed by atoms with E-state index in [0.29, 0.717) is 43.3 Å². The second-order valence-electron chi connectivity index (χ2n) is 9.00. The molecule has 0 bridgehead atoms. The summed E-state index contributed by atoms with van der Waals surface area (Å²) in [5.41, 5.74) is 7.79. The van der Waals surface area contributed by atoms with Gasteiger partial charge in [0.2, 0.25) is 17.7 Å². The van der Waals surface area contributed by atoms with E-state index in [4.69, 9.17) is 10.5 Å². The standard InChI is InChI=1S/C27H37N7O4/c1-4-21-27(38-5-2)32-26(24(31-21)25(28)37)30-20-10-6-9-19(17-20)12-13-29-22(35)18-33(3)23(36)11-7-14-34-15-8-16-34/h6-7,9-11,17H,4-5,8,12-16,18H2,1-3H3,(H2,28,37)(H,29,35)(H,30,32)/b11-7+. The van der Waals surface area contributed by atoms with Gasteiger partial charge in [0.15, 0.2) is 11.5 Å². The Morgan fingerprint density at radius 2 is 2.00 bits per heavy atom. The number of hydrogen-bond donors (Lipinski definition) is 3. The SMILES string of the molecule is CCOc1nc(Nc2cccc(CCNC(=O)CN(C)C(=O)/C=C/CN3CCC3)c2)c(C(N)=O)nc1CC. The number of nitrogens with one attached hydrogen (secondary N) is 2. The maximum absolute atomic E-state index is 12.3. The number of likely N-dealkylation sites (N-methyl/N-ethyl adjacent to an activating group) is 1. The summed E-state index contributed by atoms with van der Waals surface area (Å²) < 4.78 is 5.58. The fraction of sp³-hybridized carbons (Fsp3) is 0.444. The average Bonchev–Trinajstić information content (AvgIpc) is 2.85. The van der Waals surface area contributed by atoms with Crippen molar-refractivity contribution in [3.8, 4) is 5.88 Å². The topological polar surface area (TPSA) is 143 Å². The molecule has 1 aromatic carbocycles. The van der Waals surface area contributed by atoms with E-state index in [0.717, 1.165) is 25.2 Å². The number of carbonyl (C=O) groups excluding carboxylic acids is 3. The average molecular weight is 524 g/mol. The molecular weight excluding hydrogens is 486 g/mol. The molecular formula is C27H37N7O4. The second kappa shape index (κ2) is 14.1. The summed E-state index contributed by atoms with van der Waals surface area (Å²) in [4.78, 5) is 48.9. The van der Waals surface area contributed by atoms with Crippen LogP contribution in [0.1, 0.15) is 42.0 Å². The van der Waals surface area contributed by atoms with Crippen molar-refractivity contribution < 1.29 is 19.1 Å². The Bertz CT molecular complexity index is 1160. The molecule has 1 aliphatic heterocycles. The number of aromatic nitrogens is 2. The van der Waals surface area contributed by atoms with Crippen molar-refractivity contribution in [3.05, 3.63) is 53.4 Å². The quantitative estimate of drug-likeness (QED) is 0.317. The number of ether oxygens (including phenoxy) is 1. The number of benzene rings is 1. The molecule has 1 saturated heterocycles. The molecule has 3 rings (SSSR count). The number of anilines is 2. The molecule has 1 fully saturated rings. The second-order valence-corrected chi connectivity index (χ2v) is 9.00. The minimum atomic E-state index is -0.688. The lowest BCUT2D eigenvalue weighted by Gasteiger charge is -2.29. The van der Waals surface area contributed by atoms with Crippen molar-refractivity contribution in [3.63, 3.8) is 0 Å². The van der Waals surface area contributed by atoms with Crippen molar-refractivity contribution >= 4 is 29.2 Å². The molecule has 11 heteroatoms.